The quantitative estimate of drug-likeness (QED) is 0.187. The van der Waals surface area contributed by atoms with Gasteiger partial charge in [-0.05, 0) is 98.6 Å². The molecule has 1 aliphatic heterocycles. The molecule has 4 aromatic carbocycles. The van der Waals surface area contributed by atoms with Crippen molar-refractivity contribution >= 4 is 68.0 Å². The van der Waals surface area contributed by atoms with E-state index in [0.717, 1.165) is 32.6 Å². The number of aliphatic imine (C=N–C) groups is 1. The molecule has 0 aliphatic carbocycles. The van der Waals surface area contributed by atoms with Gasteiger partial charge < -0.3 is 10.1 Å². The molecule has 0 radical (unpaired) electrons. The monoisotopic (exact) mass is 590 g/mol. The lowest BCUT2D eigenvalue weighted by Crippen LogP contribution is -2.19. The van der Waals surface area contributed by atoms with Crippen LogP contribution in [0.2, 0.25) is 0 Å². The number of amides is 1. The van der Waals surface area contributed by atoms with Crippen LogP contribution in [0.1, 0.15) is 23.6 Å². The zero-order valence-electron chi connectivity index (χ0n) is 19.1. The van der Waals surface area contributed by atoms with Crippen LogP contribution < -0.4 is 10.1 Å². The van der Waals surface area contributed by atoms with Crippen molar-refractivity contribution in [3.05, 3.63) is 110 Å². The van der Waals surface area contributed by atoms with Gasteiger partial charge in [0.2, 0.25) is 0 Å². The molecule has 5 rings (SSSR count). The summed E-state index contributed by atoms with van der Waals surface area (Å²) in [5.41, 5.74) is 4.18. The van der Waals surface area contributed by atoms with Crippen molar-refractivity contribution in [3.63, 3.8) is 0 Å². The molecule has 1 aliphatic rings. The van der Waals surface area contributed by atoms with Gasteiger partial charge in [-0.3, -0.25) is 4.79 Å². The van der Waals surface area contributed by atoms with Crippen LogP contribution in [0.4, 0.5) is 5.69 Å². The minimum atomic E-state index is -0.134. The number of carbonyl (C=O) groups is 1. The number of nitrogens with one attached hydrogen (secondary N) is 1. The van der Waals surface area contributed by atoms with Crippen molar-refractivity contribution in [3.8, 4) is 5.75 Å². The Morgan fingerprint density at radius 2 is 1.80 bits per heavy atom. The van der Waals surface area contributed by atoms with Gasteiger partial charge in [0, 0.05) is 0 Å². The molecule has 35 heavy (non-hydrogen) atoms. The molecular weight excluding hydrogens is 567 g/mol. The van der Waals surface area contributed by atoms with Crippen LogP contribution >= 0.6 is 34.4 Å². The molecule has 1 amide bonds. The van der Waals surface area contributed by atoms with Crippen LogP contribution in [0.15, 0.2) is 94.8 Å². The second kappa shape index (κ2) is 10.7. The van der Waals surface area contributed by atoms with Gasteiger partial charge in [-0.25, -0.2) is 4.99 Å². The number of thioether (sulfide) groups is 1. The minimum Gasteiger partial charge on any atom is -0.488 e. The smallest absolute Gasteiger partial charge is 0.264 e. The maximum atomic E-state index is 12.5. The zero-order valence-corrected chi connectivity index (χ0v) is 22.1. The van der Waals surface area contributed by atoms with E-state index in [9.17, 15) is 4.79 Å². The highest BCUT2D eigenvalue weighted by atomic mass is 127. The maximum absolute atomic E-state index is 12.5. The van der Waals surface area contributed by atoms with Crippen LogP contribution in [0.3, 0.4) is 0 Å². The van der Waals surface area contributed by atoms with Gasteiger partial charge in [0.25, 0.3) is 5.91 Å². The summed E-state index contributed by atoms with van der Waals surface area (Å²) in [4.78, 5) is 17.7. The summed E-state index contributed by atoms with van der Waals surface area (Å²) in [6.07, 6.45) is 2.88. The summed E-state index contributed by atoms with van der Waals surface area (Å²) in [6, 6.07) is 28.6. The Hall–Kier alpha value is -3.10. The second-order valence-electron chi connectivity index (χ2n) is 8.12. The van der Waals surface area contributed by atoms with Crippen molar-refractivity contribution < 1.29 is 9.53 Å². The predicted octanol–water partition coefficient (Wildman–Crippen LogP) is 7.48. The van der Waals surface area contributed by atoms with Crippen molar-refractivity contribution in [2.24, 2.45) is 4.99 Å². The van der Waals surface area contributed by atoms with E-state index in [1.807, 2.05) is 48.5 Å². The first-order valence-electron chi connectivity index (χ1n) is 11.4. The highest BCUT2D eigenvalue weighted by Gasteiger charge is 2.24. The van der Waals surface area contributed by atoms with E-state index in [4.69, 9.17) is 4.74 Å². The number of hydrogen-bond donors (Lipinski definition) is 1. The maximum Gasteiger partial charge on any atom is 0.264 e. The van der Waals surface area contributed by atoms with Crippen molar-refractivity contribution in [1.82, 2.24) is 5.32 Å². The zero-order chi connectivity index (χ0) is 24.2. The Balaban J connectivity index is 1.28. The Morgan fingerprint density at radius 1 is 1.00 bits per heavy atom. The van der Waals surface area contributed by atoms with E-state index in [-0.39, 0.29) is 5.91 Å². The van der Waals surface area contributed by atoms with Gasteiger partial charge in [0.1, 0.15) is 12.4 Å². The first kappa shape index (κ1) is 23.6. The van der Waals surface area contributed by atoms with E-state index in [0.29, 0.717) is 16.7 Å². The van der Waals surface area contributed by atoms with Crippen LogP contribution in [0, 0.1) is 3.57 Å². The van der Waals surface area contributed by atoms with Crippen LogP contribution in [-0.4, -0.2) is 11.1 Å². The van der Waals surface area contributed by atoms with Gasteiger partial charge >= 0.3 is 0 Å². The standard InChI is InChI=1S/C29H23IN2O2S/c1-2-19-10-13-23(14-11-19)31-29-32-28(33)27(35-29)17-20-12-15-26(25(30)16-20)34-18-22-8-5-7-21-6-3-4-9-24(21)22/h3-17H,2,18H2,1H3,(H,31,32,33)/b27-17-. The largest absolute Gasteiger partial charge is 0.488 e. The fourth-order valence-electron chi connectivity index (χ4n) is 3.85. The van der Waals surface area contributed by atoms with Crippen LogP contribution in [0.5, 0.6) is 5.75 Å². The van der Waals surface area contributed by atoms with E-state index < -0.39 is 0 Å². The minimum absolute atomic E-state index is 0.134. The average Bonchev–Trinajstić information content (AvgIpc) is 3.22. The lowest BCUT2D eigenvalue weighted by molar-refractivity contribution is -0.115. The molecule has 6 heteroatoms. The van der Waals surface area contributed by atoms with E-state index in [1.165, 1.54) is 28.1 Å². The molecule has 0 spiro atoms. The normalized spacial score (nSPS) is 15.7. The van der Waals surface area contributed by atoms with Gasteiger partial charge in [-0.1, -0.05) is 67.6 Å². The third-order valence-corrected chi connectivity index (χ3v) is 7.50. The number of hydrogen-bond acceptors (Lipinski definition) is 4. The molecule has 4 aromatic rings. The molecule has 0 saturated carbocycles. The summed E-state index contributed by atoms with van der Waals surface area (Å²) < 4.78 is 7.14. The summed E-state index contributed by atoms with van der Waals surface area (Å²) >= 11 is 3.63. The van der Waals surface area contributed by atoms with Crippen LogP contribution in [0.25, 0.3) is 16.8 Å². The Labute approximate surface area is 222 Å². The SMILES string of the molecule is CCc1ccc(N=C2NC(=O)/C(=C/c3ccc(OCc4cccc5ccccc45)c(I)c3)S2)cc1. The third-order valence-electron chi connectivity index (χ3n) is 5.74. The first-order valence-corrected chi connectivity index (χ1v) is 13.3. The van der Waals surface area contributed by atoms with Crippen molar-refractivity contribution in [2.75, 3.05) is 0 Å². The highest BCUT2D eigenvalue weighted by molar-refractivity contribution is 14.1. The highest BCUT2D eigenvalue weighted by Crippen LogP contribution is 2.30. The summed E-state index contributed by atoms with van der Waals surface area (Å²) in [5.74, 6) is 0.687. The van der Waals surface area contributed by atoms with Gasteiger partial charge in [-0.15, -0.1) is 0 Å². The number of amidine groups is 1. The molecule has 0 aromatic heterocycles. The third kappa shape index (κ3) is 5.60. The molecule has 1 N–H and O–H groups in total. The van der Waals surface area contributed by atoms with E-state index in [1.54, 1.807) is 0 Å². The fraction of sp³-hybridized carbons (Fsp3) is 0.103. The number of halogens is 1. The lowest BCUT2D eigenvalue weighted by atomic mass is 10.1. The van der Waals surface area contributed by atoms with Gasteiger partial charge in [-0.2, -0.15) is 0 Å². The Bertz CT molecular complexity index is 1460. The van der Waals surface area contributed by atoms with Crippen molar-refractivity contribution in [2.45, 2.75) is 20.0 Å². The topological polar surface area (TPSA) is 50.7 Å². The summed E-state index contributed by atoms with van der Waals surface area (Å²) in [7, 11) is 0. The molecule has 1 heterocycles. The predicted molar refractivity (Wildman–Crippen MR) is 154 cm³/mol. The molecule has 174 valence electrons. The molecule has 1 saturated heterocycles. The van der Waals surface area contributed by atoms with E-state index >= 15 is 0 Å². The second-order valence-corrected chi connectivity index (χ2v) is 10.3. The lowest BCUT2D eigenvalue weighted by Gasteiger charge is -2.11. The number of nitrogens with zero attached hydrogens (tertiary/aromatic N) is 1. The molecule has 1 fully saturated rings. The number of fused-ring (bicyclic) bond motifs is 1. The number of benzene rings is 4. The Kier molecular flexibility index (Phi) is 7.20. The Morgan fingerprint density at radius 3 is 2.60 bits per heavy atom. The number of aryl methyl sites for hydroxylation is 1. The summed E-state index contributed by atoms with van der Waals surface area (Å²) in [5, 5.41) is 5.86. The molecule has 0 atom stereocenters. The van der Waals surface area contributed by atoms with Gasteiger partial charge in [0.15, 0.2) is 5.17 Å². The van der Waals surface area contributed by atoms with Gasteiger partial charge in [0.05, 0.1) is 14.2 Å². The summed E-state index contributed by atoms with van der Waals surface area (Å²) in [6.45, 7) is 2.62. The van der Waals surface area contributed by atoms with E-state index in [2.05, 4.69) is 82.3 Å². The number of ether oxygens (including phenoxy) is 1. The average molecular weight is 590 g/mol. The molecule has 4 nitrogen and oxygen atoms in total. The molecule has 0 unspecified atom stereocenters. The first-order chi connectivity index (χ1) is 17.1. The van der Waals surface area contributed by atoms with Crippen LogP contribution in [-0.2, 0) is 17.8 Å². The fourth-order valence-corrected chi connectivity index (χ4v) is 5.39. The van der Waals surface area contributed by atoms with Crippen molar-refractivity contribution in [1.29, 1.82) is 0 Å². The molecular formula is C29H23IN2O2S. The number of rotatable bonds is 6. The number of carbonyl (C=O) groups excluding carboxylic acids is 1. The molecule has 0 bridgehead atoms.